The van der Waals surface area contributed by atoms with Gasteiger partial charge in [0.25, 0.3) is 5.91 Å². The van der Waals surface area contributed by atoms with Crippen LogP contribution in [-0.4, -0.2) is 24.6 Å². The van der Waals surface area contributed by atoms with Crippen LogP contribution < -0.4 is 10.1 Å². The van der Waals surface area contributed by atoms with Crippen LogP contribution in [0.25, 0.3) is 0 Å². The minimum absolute atomic E-state index is 0.244. The highest BCUT2D eigenvalue weighted by Gasteiger charge is 2.19. The molecular weight excluding hydrogens is 342 g/mol. The van der Waals surface area contributed by atoms with Crippen molar-refractivity contribution in [3.05, 3.63) is 58.1 Å². The summed E-state index contributed by atoms with van der Waals surface area (Å²) in [6.07, 6.45) is -0.915. The summed E-state index contributed by atoms with van der Waals surface area (Å²) in [5.41, 5.74) is 5.83. The number of hydrogen-bond donors (Lipinski definition) is 1. The van der Waals surface area contributed by atoms with E-state index >= 15 is 0 Å². The molecule has 27 heavy (non-hydrogen) atoms. The molecule has 2 aromatic rings. The minimum atomic E-state index is -0.915. The Bertz CT molecular complexity index is 834. The van der Waals surface area contributed by atoms with Crippen molar-refractivity contribution in [2.75, 3.05) is 11.9 Å². The van der Waals surface area contributed by atoms with Crippen LogP contribution >= 0.6 is 0 Å². The Kier molecular flexibility index (Phi) is 6.61. The van der Waals surface area contributed by atoms with Crippen LogP contribution in [-0.2, 0) is 14.3 Å². The zero-order valence-corrected chi connectivity index (χ0v) is 16.8. The largest absolute Gasteiger partial charge is 0.481 e. The predicted molar refractivity (Wildman–Crippen MR) is 106 cm³/mol. The van der Waals surface area contributed by atoms with Crippen molar-refractivity contribution in [2.45, 2.75) is 47.6 Å². The molecule has 0 unspecified atom stereocenters. The lowest BCUT2D eigenvalue weighted by molar-refractivity contribution is -0.155. The van der Waals surface area contributed by atoms with Gasteiger partial charge in [0.05, 0.1) is 0 Å². The highest BCUT2D eigenvalue weighted by atomic mass is 16.6. The first-order chi connectivity index (χ1) is 12.7. The lowest BCUT2D eigenvalue weighted by Crippen LogP contribution is -2.32. The van der Waals surface area contributed by atoms with E-state index in [2.05, 4.69) is 5.32 Å². The molecule has 144 valence electrons. The van der Waals surface area contributed by atoms with E-state index in [1.807, 2.05) is 65.0 Å². The normalized spacial score (nSPS) is 11.6. The first-order valence-corrected chi connectivity index (χ1v) is 8.95. The number of carbonyl (C=O) groups is 2. The summed E-state index contributed by atoms with van der Waals surface area (Å²) in [5.74, 6) is -0.291. The third-order valence-corrected chi connectivity index (χ3v) is 4.26. The Labute approximate surface area is 160 Å². The number of benzene rings is 2. The molecule has 0 bridgehead atoms. The van der Waals surface area contributed by atoms with Crippen molar-refractivity contribution in [2.24, 2.45) is 0 Å². The quantitative estimate of drug-likeness (QED) is 0.776. The maximum absolute atomic E-state index is 12.3. The maximum atomic E-state index is 12.3. The number of hydrogen-bond acceptors (Lipinski definition) is 4. The zero-order valence-electron chi connectivity index (χ0n) is 16.8. The van der Waals surface area contributed by atoms with Crippen molar-refractivity contribution < 1.29 is 19.1 Å². The molecular formula is C22H27NO4. The number of ether oxygens (including phenoxy) is 2. The number of carbonyl (C=O) groups excluding carboxylic acids is 2. The molecule has 0 fully saturated rings. The van der Waals surface area contributed by atoms with Gasteiger partial charge in [-0.1, -0.05) is 35.4 Å². The fourth-order valence-electron chi connectivity index (χ4n) is 3.00. The van der Waals surface area contributed by atoms with Gasteiger partial charge in [-0.05, 0) is 64.3 Å². The van der Waals surface area contributed by atoms with Crippen LogP contribution in [0.4, 0.5) is 5.69 Å². The molecule has 0 aliphatic heterocycles. The van der Waals surface area contributed by atoms with Gasteiger partial charge in [0.1, 0.15) is 5.75 Å². The smallest absolute Gasteiger partial charge is 0.344 e. The Morgan fingerprint density at radius 1 is 0.926 bits per heavy atom. The number of rotatable bonds is 6. The van der Waals surface area contributed by atoms with E-state index in [-0.39, 0.29) is 12.5 Å². The molecule has 0 spiro atoms. The van der Waals surface area contributed by atoms with Crippen molar-refractivity contribution >= 4 is 17.6 Å². The summed E-state index contributed by atoms with van der Waals surface area (Å²) in [4.78, 5) is 24.3. The van der Waals surface area contributed by atoms with Crippen LogP contribution in [0, 0.1) is 34.6 Å². The van der Waals surface area contributed by atoms with E-state index in [4.69, 9.17) is 9.47 Å². The van der Waals surface area contributed by atoms with E-state index in [1.54, 1.807) is 6.92 Å². The second-order valence-corrected chi connectivity index (χ2v) is 6.96. The Balaban J connectivity index is 1.90. The fraction of sp³-hybridized carbons (Fsp3) is 0.364. The minimum Gasteiger partial charge on any atom is -0.481 e. The number of aryl methyl sites for hydroxylation is 5. The van der Waals surface area contributed by atoms with E-state index < -0.39 is 12.1 Å². The molecule has 0 radical (unpaired) electrons. The molecule has 5 nitrogen and oxygen atoms in total. The van der Waals surface area contributed by atoms with E-state index in [0.717, 1.165) is 27.8 Å². The van der Waals surface area contributed by atoms with Crippen molar-refractivity contribution in [1.29, 1.82) is 0 Å². The lowest BCUT2D eigenvalue weighted by atomic mass is 10.1. The van der Waals surface area contributed by atoms with Gasteiger partial charge < -0.3 is 14.8 Å². The van der Waals surface area contributed by atoms with Gasteiger partial charge in [0.2, 0.25) is 0 Å². The van der Waals surface area contributed by atoms with Gasteiger partial charge in [0.15, 0.2) is 12.7 Å². The average Bonchev–Trinajstić information content (AvgIpc) is 2.56. The molecule has 1 N–H and O–H groups in total. The third-order valence-electron chi connectivity index (χ3n) is 4.26. The third kappa shape index (κ3) is 5.58. The van der Waals surface area contributed by atoms with Crippen molar-refractivity contribution in [3.8, 4) is 5.75 Å². The summed E-state index contributed by atoms with van der Waals surface area (Å²) in [6, 6.07) is 9.72. The van der Waals surface area contributed by atoms with E-state index in [0.29, 0.717) is 11.4 Å². The molecule has 2 aromatic carbocycles. The maximum Gasteiger partial charge on any atom is 0.344 e. The van der Waals surface area contributed by atoms with Gasteiger partial charge in [0, 0.05) is 5.69 Å². The average molecular weight is 369 g/mol. The fourth-order valence-corrected chi connectivity index (χ4v) is 3.00. The Morgan fingerprint density at radius 3 is 2.11 bits per heavy atom. The zero-order chi connectivity index (χ0) is 20.1. The summed E-state index contributed by atoms with van der Waals surface area (Å²) in [7, 11) is 0. The molecule has 0 aliphatic rings. The Hall–Kier alpha value is -2.82. The van der Waals surface area contributed by atoms with Gasteiger partial charge >= 0.3 is 5.97 Å². The van der Waals surface area contributed by atoms with Gasteiger partial charge in [-0.25, -0.2) is 4.79 Å². The number of nitrogens with one attached hydrogen (secondary N) is 1. The van der Waals surface area contributed by atoms with E-state index in [1.165, 1.54) is 0 Å². The SMILES string of the molecule is Cc1ccc(NC(=O)[C@@H](C)OC(=O)COc2c(C)cc(C)cc2C)c(C)c1. The number of amides is 1. The van der Waals surface area contributed by atoms with Gasteiger partial charge in [-0.3, -0.25) is 4.79 Å². The topological polar surface area (TPSA) is 64.6 Å². The molecule has 2 rings (SSSR count). The second kappa shape index (κ2) is 8.71. The molecule has 0 saturated heterocycles. The molecule has 0 heterocycles. The van der Waals surface area contributed by atoms with Gasteiger partial charge in [-0.15, -0.1) is 0 Å². The van der Waals surface area contributed by atoms with Gasteiger partial charge in [-0.2, -0.15) is 0 Å². The van der Waals surface area contributed by atoms with Crippen LogP contribution in [0.3, 0.4) is 0 Å². The van der Waals surface area contributed by atoms with Crippen LogP contribution in [0.1, 0.15) is 34.7 Å². The van der Waals surface area contributed by atoms with Crippen molar-refractivity contribution in [3.63, 3.8) is 0 Å². The second-order valence-electron chi connectivity index (χ2n) is 6.96. The molecule has 0 aliphatic carbocycles. The highest BCUT2D eigenvalue weighted by molar-refractivity contribution is 5.95. The highest BCUT2D eigenvalue weighted by Crippen LogP contribution is 2.24. The summed E-state index contributed by atoms with van der Waals surface area (Å²) in [5, 5.41) is 2.78. The van der Waals surface area contributed by atoms with Crippen LogP contribution in [0.15, 0.2) is 30.3 Å². The first kappa shape index (κ1) is 20.5. The van der Waals surface area contributed by atoms with E-state index in [9.17, 15) is 9.59 Å². The van der Waals surface area contributed by atoms with Crippen molar-refractivity contribution in [1.82, 2.24) is 0 Å². The molecule has 0 saturated carbocycles. The lowest BCUT2D eigenvalue weighted by Gasteiger charge is -2.16. The standard InChI is InChI=1S/C22H27NO4/c1-13-7-8-19(15(3)9-13)23-22(25)18(6)27-20(24)12-26-21-16(4)10-14(2)11-17(21)5/h7-11,18H,12H2,1-6H3,(H,23,25)/t18-/m1/s1. The molecule has 0 aromatic heterocycles. The molecule has 1 atom stereocenters. The number of esters is 1. The summed E-state index contributed by atoms with van der Waals surface area (Å²) < 4.78 is 10.8. The summed E-state index contributed by atoms with van der Waals surface area (Å²) in [6.45, 7) is 11.1. The first-order valence-electron chi connectivity index (χ1n) is 8.95. The monoisotopic (exact) mass is 369 g/mol. The number of anilines is 1. The predicted octanol–water partition coefficient (Wildman–Crippen LogP) is 4.18. The Morgan fingerprint density at radius 2 is 1.52 bits per heavy atom. The van der Waals surface area contributed by atoms with Crippen LogP contribution in [0.2, 0.25) is 0 Å². The molecule has 5 heteroatoms. The molecule has 1 amide bonds. The van der Waals surface area contributed by atoms with Crippen LogP contribution in [0.5, 0.6) is 5.75 Å². The summed E-state index contributed by atoms with van der Waals surface area (Å²) >= 11 is 0.